The molecule has 8 heteroatoms. The predicted octanol–water partition coefficient (Wildman–Crippen LogP) is 6.53. The van der Waals surface area contributed by atoms with E-state index >= 15 is 0 Å². The molecule has 0 spiro atoms. The zero-order chi connectivity index (χ0) is 26.2. The van der Waals surface area contributed by atoms with Crippen LogP contribution in [-0.2, 0) is 33.2 Å². The van der Waals surface area contributed by atoms with Gasteiger partial charge in [-0.1, -0.05) is 107 Å². The van der Waals surface area contributed by atoms with Gasteiger partial charge in [-0.2, -0.15) is 0 Å². The van der Waals surface area contributed by atoms with Crippen LogP contribution < -0.4 is 0 Å². The summed E-state index contributed by atoms with van der Waals surface area (Å²) in [5, 5.41) is 0. The fourth-order valence-electron chi connectivity index (χ4n) is 3.61. The number of unbranched alkanes of at least 4 members (excludes halogenated alkanes) is 12. The van der Waals surface area contributed by atoms with Gasteiger partial charge in [0, 0.05) is 10.8 Å². The lowest BCUT2D eigenvalue weighted by Gasteiger charge is -2.08. The molecule has 0 aromatic carbocycles. The molecule has 0 saturated carbocycles. The average Bonchev–Trinajstić information content (AvgIpc) is 2.88. The Kier molecular flexibility index (Phi) is 33.0. The minimum Gasteiger partial charge on any atom is -0.463 e. The molecule has 0 fully saturated rings. The average molecular weight is 631 g/mol. The van der Waals surface area contributed by atoms with E-state index in [1.54, 1.807) is 0 Å². The van der Waals surface area contributed by atoms with E-state index in [1.807, 2.05) is 0 Å². The van der Waals surface area contributed by atoms with Crippen LogP contribution in [0.3, 0.4) is 0 Å². The summed E-state index contributed by atoms with van der Waals surface area (Å²) in [5.74, 6) is -0.118. The molecule has 0 saturated heterocycles. The highest BCUT2D eigenvalue weighted by Gasteiger charge is 2.02. The molecule has 0 aromatic heterocycles. The number of carbonyl (C=O) groups excluding carboxylic acids is 1. The maximum atomic E-state index is 11.8. The zero-order valence-electron chi connectivity index (χ0n) is 23.1. The lowest BCUT2D eigenvalue weighted by atomic mass is 10.0. The second-order valence-electron chi connectivity index (χ2n) is 8.96. The van der Waals surface area contributed by atoms with Gasteiger partial charge < -0.3 is 28.4 Å². The minimum absolute atomic E-state index is 0.118. The minimum atomic E-state index is -0.118. The van der Waals surface area contributed by atoms with Crippen molar-refractivity contribution in [1.29, 1.82) is 0 Å². The van der Waals surface area contributed by atoms with Crippen molar-refractivity contribution in [3.05, 3.63) is 0 Å². The molecule has 36 heavy (non-hydrogen) atoms. The molecular formula is C28H55IO7. The lowest BCUT2D eigenvalue weighted by Crippen LogP contribution is -2.15. The largest absolute Gasteiger partial charge is 0.463 e. The van der Waals surface area contributed by atoms with Crippen molar-refractivity contribution < 1.29 is 33.2 Å². The molecule has 0 radical (unpaired) electrons. The first-order valence-corrected chi connectivity index (χ1v) is 15.9. The Bertz CT molecular complexity index is 427. The molecule has 0 bridgehead atoms. The summed E-state index contributed by atoms with van der Waals surface area (Å²) >= 11 is 2.28. The van der Waals surface area contributed by atoms with E-state index in [0.29, 0.717) is 72.5 Å². The van der Waals surface area contributed by atoms with Gasteiger partial charge in [0.1, 0.15) is 6.61 Å². The molecule has 0 aliphatic rings. The van der Waals surface area contributed by atoms with Crippen LogP contribution in [0.15, 0.2) is 0 Å². The Morgan fingerprint density at radius 3 is 1.19 bits per heavy atom. The van der Waals surface area contributed by atoms with Crippen molar-refractivity contribution in [3.63, 3.8) is 0 Å². The maximum absolute atomic E-state index is 11.8. The number of rotatable bonds is 31. The van der Waals surface area contributed by atoms with E-state index in [4.69, 9.17) is 28.4 Å². The smallest absolute Gasteiger partial charge is 0.305 e. The van der Waals surface area contributed by atoms with Crippen LogP contribution in [0.1, 0.15) is 96.8 Å². The van der Waals surface area contributed by atoms with Crippen LogP contribution in [0.25, 0.3) is 0 Å². The number of halogens is 1. The highest BCUT2D eigenvalue weighted by Crippen LogP contribution is 2.13. The SMILES string of the molecule is CCCCCCCCCCCCCCCC(=O)OCCOCCOCCOCCOCCOCCI. The van der Waals surface area contributed by atoms with Crippen LogP contribution in [0, 0.1) is 0 Å². The number of hydrogen-bond donors (Lipinski definition) is 0. The maximum Gasteiger partial charge on any atom is 0.305 e. The summed E-state index contributed by atoms with van der Waals surface area (Å²) in [4.78, 5) is 11.8. The topological polar surface area (TPSA) is 72.5 Å². The lowest BCUT2D eigenvalue weighted by molar-refractivity contribution is -0.145. The van der Waals surface area contributed by atoms with Gasteiger partial charge in [-0.3, -0.25) is 4.79 Å². The van der Waals surface area contributed by atoms with E-state index < -0.39 is 0 Å². The van der Waals surface area contributed by atoms with Crippen LogP contribution in [0.5, 0.6) is 0 Å². The monoisotopic (exact) mass is 630 g/mol. The van der Waals surface area contributed by atoms with E-state index in [1.165, 1.54) is 70.6 Å². The van der Waals surface area contributed by atoms with Crippen molar-refractivity contribution in [2.24, 2.45) is 0 Å². The van der Waals surface area contributed by atoms with Crippen molar-refractivity contribution in [2.45, 2.75) is 96.8 Å². The van der Waals surface area contributed by atoms with E-state index in [0.717, 1.165) is 23.9 Å². The van der Waals surface area contributed by atoms with Gasteiger partial charge in [0.25, 0.3) is 0 Å². The van der Waals surface area contributed by atoms with Gasteiger partial charge in [-0.05, 0) is 6.42 Å². The van der Waals surface area contributed by atoms with Gasteiger partial charge in [-0.15, -0.1) is 0 Å². The molecule has 0 atom stereocenters. The van der Waals surface area contributed by atoms with Crippen molar-refractivity contribution >= 4 is 28.6 Å². The molecule has 0 N–H and O–H groups in total. The standard InChI is InChI=1S/C28H55IO7/c1-2-3-4-5-6-7-8-9-10-11-12-13-14-15-28(30)36-27-26-35-25-24-34-23-22-33-21-20-32-19-18-31-17-16-29/h2-27H2,1H3. The Hall–Kier alpha value is -0.000000000000000222. The summed E-state index contributed by atoms with van der Waals surface area (Å²) in [6.45, 7) is 8.14. The van der Waals surface area contributed by atoms with E-state index in [-0.39, 0.29) is 5.97 Å². The number of alkyl halides is 1. The Balaban J connectivity index is 3.13. The molecule has 0 amide bonds. The van der Waals surface area contributed by atoms with Crippen molar-refractivity contribution in [2.75, 3.05) is 77.1 Å². The highest BCUT2D eigenvalue weighted by atomic mass is 127. The van der Waals surface area contributed by atoms with Gasteiger partial charge in [0.15, 0.2) is 0 Å². The molecular weight excluding hydrogens is 575 g/mol. The second-order valence-corrected chi connectivity index (χ2v) is 10.0. The summed E-state index contributed by atoms with van der Waals surface area (Å²) < 4.78 is 33.2. The summed E-state index contributed by atoms with van der Waals surface area (Å²) in [5.41, 5.74) is 0. The van der Waals surface area contributed by atoms with Crippen molar-refractivity contribution in [1.82, 2.24) is 0 Å². The Morgan fingerprint density at radius 1 is 0.472 bits per heavy atom. The quantitative estimate of drug-likeness (QED) is 0.0374. The van der Waals surface area contributed by atoms with E-state index in [2.05, 4.69) is 29.5 Å². The highest BCUT2D eigenvalue weighted by molar-refractivity contribution is 14.1. The van der Waals surface area contributed by atoms with Gasteiger partial charge in [-0.25, -0.2) is 0 Å². The van der Waals surface area contributed by atoms with Crippen LogP contribution in [0.2, 0.25) is 0 Å². The predicted molar refractivity (Wildman–Crippen MR) is 154 cm³/mol. The summed E-state index contributed by atoms with van der Waals surface area (Å²) in [7, 11) is 0. The number of hydrogen-bond acceptors (Lipinski definition) is 7. The first-order chi connectivity index (χ1) is 17.8. The third-order valence-corrected chi connectivity index (χ3v) is 6.13. The molecule has 0 heterocycles. The van der Waals surface area contributed by atoms with E-state index in [9.17, 15) is 4.79 Å². The zero-order valence-corrected chi connectivity index (χ0v) is 25.3. The third-order valence-electron chi connectivity index (χ3n) is 5.68. The van der Waals surface area contributed by atoms with Gasteiger partial charge in [0.05, 0.1) is 66.1 Å². The first-order valence-electron chi connectivity index (χ1n) is 14.4. The van der Waals surface area contributed by atoms with Gasteiger partial charge in [0.2, 0.25) is 0 Å². The first kappa shape index (κ1) is 36.0. The van der Waals surface area contributed by atoms with Crippen LogP contribution in [0.4, 0.5) is 0 Å². The molecule has 0 rings (SSSR count). The summed E-state index contributed by atoms with van der Waals surface area (Å²) in [6, 6.07) is 0. The molecule has 0 unspecified atom stereocenters. The fourth-order valence-corrected chi connectivity index (χ4v) is 3.92. The Labute approximate surface area is 235 Å². The molecule has 216 valence electrons. The molecule has 0 aromatic rings. The fraction of sp³-hybridized carbons (Fsp3) is 0.964. The second kappa shape index (κ2) is 33.0. The molecule has 0 aliphatic carbocycles. The number of ether oxygens (including phenoxy) is 6. The molecule has 7 nitrogen and oxygen atoms in total. The Morgan fingerprint density at radius 2 is 0.806 bits per heavy atom. The number of esters is 1. The number of carbonyl (C=O) groups is 1. The van der Waals surface area contributed by atoms with Crippen LogP contribution >= 0.6 is 22.6 Å². The normalized spacial score (nSPS) is 11.3. The molecule has 0 aliphatic heterocycles. The van der Waals surface area contributed by atoms with Crippen molar-refractivity contribution in [3.8, 4) is 0 Å². The van der Waals surface area contributed by atoms with Crippen LogP contribution in [-0.4, -0.2) is 83.1 Å². The van der Waals surface area contributed by atoms with Gasteiger partial charge >= 0.3 is 5.97 Å². The summed E-state index contributed by atoms with van der Waals surface area (Å²) in [6.07, 6.45) is 17.5. The third kappa shape index (κ3) is 32.0.